The van der Waals surface area contributed by atoms with Crippen LogP contribution in [0.1, 0.15) is 0 Å². The van der Waals surface area contributed by atoms with Crippen LogP contribution in [0.15, 0.2) is 267 Å². The Hall–Kier alpha value is -9.12. The summed E-state index contributed by atoms with van der Waals surface area (Å²) in [4.78, 5) is 4.71. The van der Waals surface area contributed by atoms with E-state index in [1.807, 2.05) is 0 Å². The van der Waals surface area contributed by atoms with E-state index in [2.05, 4.69) is 286 Å². The summed E-state index contributed by atoms with van der Waals surface area (Å²) < 4.78 is 4.79. The van der Waals surface area contributed by atoms with Gasteiger partial charge >= 0.3 is 0 Å². The summed E-state index contributed by atoms with van der Waals surface area (Å²) >= 11 is 0. The van der Waals surface area contributed by atoms with Crippen LogP contribution in [0, 0.1) is 0 Å². The van der Waals surface area contributed by atoms with Gasteiger partial charge in [-0.2, -0.15) is 0 Å². The standard InChI is InChI=1S/C64H44N4/c1-3-17-47(18-4-1)65(50-39-41-52(42-40-50)67-59-27-13-9-23-53(59)54-24-10-14-28-60(54)67)49-35-31-45(32-36-49)46-33-37-51(38-34-46)66(48-19-5-2-6-20-48)63-43-44-64(58-22-8-7-21-57(58)63)68-61-29-15-11-25-55(61)56-26-12-16-30-62(56)68/h1-44H. The largest absolute Gasteiger partial charge is 0.311 e. The number of rotatable bonds is 9. The van der Waals surface area contributed by atoms with Crippen molar-refractivity contribution < 1.29 is 0 Å². The van der Waals surface area contributed by atoms with E-state index >= 15 is 0 Å². The van der Waals surface area contributed by atoms with Crippen LogP contribution >= 0.6 is 0 Å². The van der Waals surface area contributed by atoms with Gasteiger partial charge in [-0.25, -0.2) is 0 Å². The molecule has 68 heavy (non-hydrogen) atoms. The van der Waals surface area contributed by atoms with E-state index in [1.165, 1.54) is 54.4 Å². The van der Waals surface area contributed by atoms with E-state index in [0.717, 1.165) is 56.6 Å². The monoisotopic (exact) mass is 868 g/mol. The fourth-order valence-corrected chi connectivity index (χ4v) is 10.4. The molecule has 0 N–H and O–H groups in total. The molecular weight excluding hydrogens is 825 g/mol. The molecule has 4 heteroatoms. The number of nitrogens with zero attached hydrogens (tertiary/aromatic N) is 4. The molecule has 0 saturated carbocycles. The number of para-hydroxylation sites is 6. The van der Waals surface area contributed by atoms with E-state index in [1.54, 1.807) is 0 Å². The van der Waals surface area contributed by atoms with Gasteiger partial charge in [0.1, 0.15) is 0 Å². The smallest absolute Gasteiger partial charge is 0.0542 e. The Morgan fingerprint density at radius 3 is 1.03 bits per heavy atom. The van der Waals surface area contributed by atoms with Crippen molar-refractivity contribution >= 4 is 88.5 Å². The quantitative estimate of drug-likeness (QED) is 0.144. The van der Waals surface area contributed by atoms with Gasteiger partial charge in [0, 0.05) is 66.4 Å². The molecule has 13 rings (SSSR count). The van der Waals surface area contributed by atoms with Gasteiger partial charge in [0.25, 0.3) is 0 Å². The Labute approximate surface area is 395 Å². The molecule has 0 bridgehead atoms. The molecule has 320 valence electrons. The molecule has 0 aliphatic carbocycles. The molecule has 0 amide bonds. The third-order valence-electron chi connectivity index (χ3n) is 13.5. The van der Waals surface area contributed by atoms with Crippen molar-refractivity contribution in [1.29, 1.82) is 0 Å². The third kappa shape index (κ3) is 6.53. The van der Waals surface area contributed by atoms with Gasteiger partial charge in [0.15, 0.2) is 0 Å². The van der Waals surface area contributed by atoms with Crippen LogP contribution in [0.25, 0.3) is 76.9 Å². The Kier molecular flexibility index (Phi) is 9.47. The van der Waals surface area contributed by atoms with Gasteiger partial charge in [-0.05, 0) is 120 Å². The van der Waals surface area contributed by atoms with Crippen molar-refractivity contribution in [3.63, 3.8) is 0 Å². The van der Waals surface area contributed by atoms with Crippen LogP contribution in [0.4, 0.5) is 34.1 Å². The molecule has 0 radical (unpaired) electrons. The van der Waals surface area contributed by atoms with Crippen molar-refractivity contribution in [3.8, 4) is 22.5 Å². The summed E-state index contributed by atoms with van der Waals surface area (Å²) in [5, 5.41) is 7.41. The second kappa shape index (κ2) is 16.4. The number of benzene rings is 11. The molecule has 0 aliphatic rings. The molecule has 11 aromatic carbocycles. The molecule has 0 aliphatic heterocycles. The lowest BCUT2D eigenvalue weighted by Gasteiger charge is -2.28. The Bertz CT molecular complexity index is 3840. The van der Waals surface area contributed by atoms with Crippen molar-refractivity contribution in [2.75, 3.05) is 9.80 Å². The first-order valence-electron chi connectivity index (χ1n) is 23.3. The molecule has 0 unspecified atom stereocenters. The topological polar surface area (TPSA) is 16.3 Å². The average molecular weight is 869 g/mol. The highest BCUT2D eigenvalue weighted by atomic mass is 15.1. The maximum Gasteiger partial charge on any atom is 0.0542 e. The zero-order valence-corrected chi connectivity index (χ0v) is 37.2. The summed E-state index contributed by atoms with van der Waals surface area (Å²) in [5.74, 6) is 0. The first kappa shape index (κ1) is 39.3. The van der Waals surface area contributed by atoms with Gasteiger partial charge in [-0.15, -0.1) is 0 Å². The second-order valence-corrected chi connectivity index (χ2v) is 17.3. The van der Waals surface area contributed by atoms with Gasteiger partial charge in [0.2, 0.25) is 0 Å². The van der Waals surface area contributed by atoms with E-state index in [4.69, 9.17) is 0 Å². The molecule has 2 heterocycles. The summed E-state index contributed by atoms with van der Waals surface area (Å²) in [6.45, 7) is 0. The van der Waals surface area contributed by atoms with Gasteiger partial charge < -0.3 is 18.9 Å². The van der Waals surface area contributed by atoms with Crippen LogP contribution in [-0.4, -0.2) is 9.13 Å². The first-order chi connectivity index (χ1) is 33.8. The molecule has 2 aromatic heterocycles. The minimum Gasteiger partial charge on any atom is -0.311 e. The minimum atomic E-state index is 1.09. The lowest BCUT2D eigenvalue weighted by atomic mass is 10.0. The fourth-order valence-electron chi connectivity index (χ4n) is 10.4. The van der Waals surface area contributed by atoms with E-state index in [0.29, 0.717) is 0 Å². The van der Waals surface area contributed by atoms with E-state index < -0.39 is 0 Å². The SMILES string of the molecule is c1ccc(N(c2ccc(-c3ccc(N(c4ccccc4)c4ccc(-n5c6ccccc6c6ccccc65)c5ccccc45)cc3)cc2)c2ccc(-n3c4ccccc4c4ccccc43)cc2)cc1. The molecule has 13 aromatic rings. The highest BCUT2D eigenvalue weighted by molar-refractivity contribution is 6.12. The van der Waals surface area contributed by atoms with Gasteiger partial charge in [-0.1, -0.05) is 158 Å². The molecular formula is C64H44N4. The van der Waals surface area contributed by atoms with Crippen LogP contribution in [0.3, 0.4) is 0 Å². The second-order valence-electron chi connectivity index (χ2n) is 17.3. The maximum atomic E-state index is 2.42. The maximum absolute atomic E-state index is 2.42. The molecule has 0 fully saturated rings. The number of anilines is 6. The normalized spacial score (nSPS) is 11.5. The van der Waals surface area contributed by atoms with Crippen molar-refractivity contribution in [1.82, 2.24) is 9.13 Å². The zero-order valence-electron chi connectivity index (χ0n) is 37.2. The first-order valence-corrected chi connectivity index (χ1v) is 23.3. The summed E-state index contributed by atoms with van der Waals surface area (Å²) in [5.41, 5.74) is 16.0. The van der Waals surface area contributed by atoms with Crippen molar-refractivity contribution in [2.45, 2.75) is 0 Å². The molecule has 4 nitrogen and oxygen atoms in total. The van der Waals surface area contributed by atoms with E-state index in [-0.39, 0.29) is 0 Å². The fraction of sp³-hybridized carbons (Fsp3) is 0. The predicted octanol–water partition coefficient (Wildman–Crippen LogP) is 17.6. The molecule has 0 saturated heterocycles. The van der Waals surface area contributed by atoms with Crippen LogP contribution < -0.4 is 9.80 Å². The highest BCUT2D eigenvalue weighted by Gasteiger charge is 2.20. The van der Waals surface area contributed by atoms with Crippen molar-refractivity contribution in [2.24, 2.45) is 0 Å². The van der Waals surface area contributed by atoms with Gasteiger partial charge in [0.05, 0.1) is 33.4 Å². The number of aromatic nitrogens is 2. The van der Waals surface area contributed by atoms with Crippen LogP contribution in [0.2, 0.25) is 0 Å². The minimum absolute atomic E-state index is 1.09. The lowest BCUT2D eigenvalue weighted by Crippen LogP contribution is -2.11. The zero-order chi connectivity index (χ0) is 45.0. The highest BCUT2D eigenvalue weighted by Crippen LogP contribution is 2.44. The summed E-state index contributed by atoms with van der Waals surface area (Å²) in [6.07, 6.45) is 0. The number of fused-ring (bicyclic) bond motifs is 7. The lowest BCUT2D eigenvalue weighted by molar-refractivity contribution is 1.17. The summed E-state index contributed by atoms with van der Waals surface area (Å²) in [7, 11) is 0. The van der Waals surface area contributed by atoms with E-state index in [9.17, 15) is 0 Å². The Balaban J connectivity index is 0.847. The molecule has 0 spiro atoms. The van der Waals surface area contributed by atoms with Gasteiger partial charge in [-0.3, -0.25) is 0 Å². The summed E-state index contributed by atoms with van der Waals surface area (Å²) in [6, 6.07) is 96.4. The Morgan fingerprint density at radius 2 is 0.559 bits per heavy atom. The number of hydrogen-bond donors (Lipinski definition) is 0. The van der Waals surface area contributed by atoms with Crippen LogP contribution in [-0.2, 0) is 0 Å². The third-order valence-corrected chi connectivity index (χ3v) is 13.5. The van der Waals surface area contributed by atoms with Crippen LogP contribution in [0.5, 0.6) is 0 Å². The average Bonchev–Trinajstić information content (AvgIpc) is 3.93. The number of hydrogen-bond acceptors (Lipinski definition) is 2. The predicted molar refractivity (Wildman–Crippen MR) is 287 cm³/mol. The molecule has 0 atom stereocenters. The van der Waals surface area contributed by atoms with Crippen molar-refractivity contribution in [3.05, 3.63) is 267 Å². The Morgan fingerprint density at radius 1 is 0.221 bits per heavy atom.